The van der Waals surface area contributed by atoms with Crippen molar-refractivity contribution in [3.8, 4) is 6.07 Å². The summed E-state index contributed by atoms with van der Waals surface area (Å²) in [6.45, 7) is 0.543. The van der Waals surface area contributed by atoms with Gasteiger partial charge in [0.2, 0.25) is 5.91 Å². The molecule has 2 aromatic rings. The number of amides is 1. The second kappa shape index (κ2) is 4.68. The first-order valence-electron chi connectivity index (χ1n) is 5.23. The Morgan fingerprint density at radius 3 is 3.00 bits per heavy atom. The molecule has 0 aliphatic rings. The zero-order valence-electron chi connectivity index (χ0n) is 9.18. The summed E-state index contributed by atoms with van der Waals surface area (Å²) in [5.41, 5.74) is 3.69. The van der Waals surface area contributed by atoms with Gasteiger partial charge in [-0.2, -0.15) is 5.26 Å². The van der Waals surface area contributed by atoms with Crippen LogP contribution < -0.4 is 11.3 Å². The van der Waals surface area contributed by atoms with E-state index in [1.165, 1.54) is 0 Å². The van der Waals surface area contributed by atoms with Gasteiger partial charge in [-0.25, -0.2) is 5.84 Å². The van der Waals surface area contributed by atoms with Crippen LogP contribution in [0.4, 0.5) is 0 Å². The van der Waals surface area contributed by atoms with E-state index in [9.17, 15) is 4.79 Å². The number of aryl methyl sites for hydroxylation is 1. The Hall–Kier alpha value is -2.32. The highest BCUT2D eigenvalue weighted by atomic mass is 16.2. The maximum Gasteiger partial charge on any atom is 0.235 e. The number of benzene rings is 1. The third kappa shape index (κ3) is 2.12. The van der Waals surface area contributed by atoms with Crippen molar-refractivity contribution in [1.29, 1.82) is 5.26 Å². The van der Waals surface area contributed by atoms with Crippen molar-refractivity contribution in [1.82, 2.24) is 9.99 Å². The summed E-state index contributed by atoms with van der Waals surface area (Å²) in [7, 11) is 0. The van der Waals surface area contributed by atoms with Crippen molar-refractivity contribution < 1.29 is 4.79 Å². The number of nitrogens with zero attached hydrogens (tertiary/aromatic N) is 2. The number of hydrazine groups is 1. The molecular formula is C12H12N4O. The molecule has 0 spiro atoms. The third-order valence-corrected chi connectivity index (χ3v) is 2.67. The molecule has 17 heavy (non-hydrogen) atoms. The number of hydrogen-bond acceptors (Lipinski definition) is 3. The van der Waals surface area contributed by atoms with E-state index in [2.05, 4.69) is 11.5 Å². The molecule has 5 nitrogen and oxygen atoms in total. The fraction of sp³-hybridized carbons (Fsp3) is 0.167. The first kappa shape index (κ1) is 11.2. The third-order valence-electron chi connectivity index (χ3n) is 2.67. The predicted octanol–water partition coefficient (Wildman–Crippen LogP) is 0.893. The topological polar surface area (TPSA) is 83.8 Å². The molecule has 86 valence electrons. The number of carbonyl (C=O) groups is 1. The fourth-order valence-corrected chi connectivity index (χ4v) is 1.81. The van der Waals surface area contributed by atoms with Crippen LogP contribution >= 0.6 is 0 Å². The zero-order valence-corrected chi connectivity index (χ0v) is 9.18. The van der Waals surface area contributed by atoms with E-state index in [-0.39, 0.29) is 5.91 Å². The number of hydrogen-bond donors (Lipinski definition) is 2. The summed E-state index contributed by atoms with van der Waals surface area (Å²) in [6, 6.07) is 9.57. The molecule has 1 heterocycles. The Morgan fingerprint density at radius 1 is 1.47 bits per heavy atom. The number of aromatic nitrogens is 1. The summed E-state index contributed by atoms with van der Waals surface area (Å²) in [4.78, 5) is 11.1. The van der Waals surface area contributed by atoms with E-state index in [0.717, 1.165) is 10.9 Å². The maximum absolute atomic E-state index is 11.1. The van der Waals surface area contributed by atoms with Crippen LogP contribution in [-0.4, -0.2) is 10.5 Å². The molecule has 0 aliphatic carbocycles. The van der Waals surface area contributed by atoms with Gasteiger partial charge in [0.1, 0.15) is 0 Å². The number of carbonyl (C=O) groups excluding carboxylic acids is 1. The van der Waals surface area contributed by atoms with E-state index >= 15 is 0 Å². The highest BCUT2D eigenvalue weighted by molar-refractivity contribution is 5.86. The number of rotatable bonds is 3. The Bertz CT molecular complexity index is 594. The van der Waals surface area contributed by atoms with Crippen LogP contribution in [0.25, 0.3) is 10.9 Å². The fourth-order valence-electron chi connectivity index (χ4n) is 1.81. The number of nitrogens with two attached hydrogens (primary N) is 1. The lowest BCUT2D eigenvalue weighted by atomic mass is 10.1. The van der Waals surface area contributed by atoms with Crippen LogP contribution in [0.2, 0.25) is 0 Å². The van der Waals surface area contributed by atoms with Gasteiger partial charge >= 0.3 is 0 Å². The molecular weight excluding hydrogens is 216 g/mol. The summed E-state index contributed by atoms with van der Waals surface area (Å²) >= 11 is 0. The smallest absolute Gasteiger partial charge is 0.235 e. The minimum atomic E-state index is -0.205. The average molecular weight is 228 g/mol. The lowest BCUT2D eigenvalue weighted by Crippen LogP contribution is -2.30. The van der Waals surface area contributed by atoms with Gasteiger partial charge in [0.15, 0.2) is 0 Å². The molecule has 3 N–H and O–H groups in total. The van der Waals surface area contributed by atoms with Gasteiger partial charge in [-0.05, 0) is 18.2 Å². The quantitative estimate of drug-likeness (QED) is 0.465. The van der Waals surface area contributed by atoms with Crippen molar-refractivity contribution in [2.75, 3.05) is 0 Å². The van der Waals surface area contributed by atoms with E-state index in [1.807, 2.05) is 29.0 Å². The standard InChI is InChI=1S/C12H12N4O/c13-8-9-2-1-3-11-10(9)4-6-16(11)7-5-12(17)15-14/h1-4,6H,5,7,14H2,(H,15,17). The zero-order chi connectivity index (χ0) is 12.3. The molecule has 0 bridgehead atoms. The van der Waals surface area contributed by atoms with Gasteiger partial charge < -0.3 is 4.57 Å². The molecule has 0 radical (unpaired) electrons. The van der Waals surface area contributed by atoms with Gasteiger partial charge in [0.25, 0.3) is 0 Å². The molecule has 0 atom stereocenters. The van der Waals surface area contributed by atoms with Gasteiger partial charge in [0.05, 0.1) is 11.6 Å². The molecule has 5 heteroatoms. The lowest BCUT2D eigenvalue weighted by molar-refractivity contribution is -0.121. The van der Waals surface area contributed by atoms with Crippen molar-refractivity contribution in [2.24, 2.45) is 5.84 Å². The van der Waals surface area contributed by atoms with Crippen LogP contribution in [0.15, 0.2) is 30.5 Å². The van der Waals surface area contributed by atoms with Crippen LogP contribution in [0.5, 0.6) is 0 Å². The minimum Gasteiger partial charge on any atom is -0.347 e. The second-order valence-electron chi connectivity index (χ2n) is 3.68. The Balaban J connectivity index is 2.31. The number of fused-ring (bicyclic) bond motifs is 1. The van der Waals surface area contributed by atoms with E-state index in [0.29, 0.717) is 18.5 Å². The number of nitrogens with one attached hydrogen (secondary N) is 1. The van der Waals surface area contributed by atoms with Crippen molar-refractivity contribution in [2.45, 2.75) is 13.0 Å². The first-order chi connectivity index (χ1) is 8.26. The van der Waals surface area contributed by atoms with Crippen LogP contribution in [0, 0.1) is 11.3 Å². The highest BCUT2D eigenvalue weighted by Crippen LogP contribution is 2.19. The normalized spacial score (nSPS) is 10.1. The van der Waals surface area contributed by atoms with Crippen LogP contribution in [0.3, 0.4) is 0 Å². The van der Waals surface area contributed by atoms with Crippen molar-refractivity contribution in [3.05, 3.63) is 36.0 Å². The predicted molar refractivity (Wildman–Crippen MR) is 63.6 cm³/mol. The van der Waals surface area contributed by atoms with E-state index < -0.39 is 0 Å². The molecule has 0 saturated carbocycles. The SMILES string of the molecule is N#Cc1cccc2c1ccn2CCC(=O)NN. The molecule has 2 rings (SSSR count). The summed E-state index contributed by atoms with van der Waals surface area (Å²) in [5.74, 6) is 4.81. The van der Waals surface area contributed by atoms with Crippen LogP contribution in [-0.2, 0) is 11.3 Å². The molecule has 0 fully saturated rings. The molecule has 0 aliphatic heterocycles. The van der Waals surface area contributed by atoms with Gasteiger partial charge in [0, 0.05) is 30.1 Å². The molecule has 0 unspecified atom stereocenters. The average Bonchev–Trinajstić information content (AvgIpc) is 2.78. The Labute approximate surface area is 98.4 Å². The maximum atomic E-state index is 11.1. The first-order valence-corrected chi connectivity index (χ1v) is 5.23. The summed E-state index contributed by atoms with van der Waals surface area (Å²) in [5, 5.41) is 9.87. The largest absolute Gasteiger partial charge is 0.347 e. The molecule has 0 saturated heterocycles. The Morgan fingerprint density at radius 2 is 2.29 bits per heavy atom. The summed E-state index contributed by atoms with van der Waals surface area (Å²) in [6.07, 6.45) is 2.19. The number of nitriles is 1. The lowest BCUT2D eigenvalue weighted by Gasteiger charge is -2.04. The van der Waals surface area contributed by atoms with Gasteiger partial charge in [-0.1, -0.05) is 6.07 Å². The van der Waals surface area contributed by atoms with Gasteiger partial charge in [-0.3, -0.25) is 10.2 Å². The second-order valence-corrected chi connectivity index (χ2v) is 3.68. The molecule has 1 aromatic heterocycles. The minimum absolute atomic E-state index is 0.205. The molecule has 1 amide bonds. The molecule has 1 aromatic carbocycles. The Kier molecular flexibility index (Phi) is 3.08. The summed E-state index contributed by atoms with van der Waals surface area (Å²) < 4.78 is 1.94. The van der Waals surface area contributed by atoms with Gasteiger partial charge in [-0.15, -0.1) is 0 Å². The van der Waals surface area contributed by atoms with Crippen molar-refractivity contribution >= 4 is 16.8 Å². The monoisotopic (exact) mass is 228 g/mol. The van der Waals surface area contributed by atoms with Crippen molar-refractivity contribution in [3.63, 3.8) is 0 Å². The van der Waals surface area contributed by atoms with E-state index in [1.54, 1.807) is 6.07 Å². The van der Waals surface area contributed by atoms with E-state index in [4.69, 9.17) is 11.1 Å². The van der Waals surface area contributed by atoms with Crippen LogP contribution in [0.1, 0.15) is 12.0 Å². The highest BCUT2D eigenvalue weighted by Gasteiger charge is 2.06.